The van der Waals surface area contributed by atoms with Crippen LogP contribution in [0.15, 0.2) is 18.2 Å². The van der Waals surface area contributed by atoms with Crippen LogP contribution >= 0.6 is 0 Å². The summed E-state index contributed by atoms with van der Waals surface area (Å²) >= 11 is 0. The molecule has 1 aromatic carbocycles. The molecule has 3 heteroatoms. The minimum atomic E-state index is 0.450. The lowest BCUT2D eigenvalue weighted by molar-refractivity contribution is 0.346. The van der Waals surface area contributed by atoms with E-state index < -0.39 is 0 Å². The maximum atomic E-state index is 6.00. The number of para-hydroxylation sites is 1. The average Bonchev–Trinajstić information content (AvgIpc) is 2.65. The molecule has 0 radical (unpaired) electrons. The number of fused-ring (bicyclic) bond motifs is 1. The van der Waals surface area contributed by atoms with E-state index in [1.165, 1.54) is 25.7 Å². The van der Waals surface area contributed by atoms with Crippen LogP contribution in [0.5, 0.6) is 0 Å². The zero-order chi connectivity index (χ0) is 11.0. The first-order valence-electron chi connectivity index (χ1n) is 6.15. The minimum absolute atomic E-state index is 0.450. The maximum absolute atomic E-state index is 6.00. The van der Waals surface area contributed by atoms with Crippen molar-refractivity contribution in [1.29, 1.82) is 0 Å². The number of hydrogen-bond donors (Lipinski definition) is 3. The van der Waals surface area contributed by atoms with Gasteiger partial charge in [0.25, 0.3) is 0 Å². The van der Waals surface area contributed by atoms with Gasteiger partial charge < -0.3 is 16.4 Å². The number of hydrogen-bond acceptors (Lipinski definition) is 3. The molecule has 0 saturated heterocycles. The molecule has 16 heavy (non-hydrogen) atoms. The second-order valence-corrected chi connectivity index (χ2v) is 5.18. The number of benzene rings is 1. The Bertz CT molecular complexity index is 394. The van der Waals surface area contributed by atoms with E-state index in [1.54, 1.807) is 0 Å². The van der Waals surface area contributed by atoms with Crippen molar-refractivity contribution in [3.63, 3.8) is 0 Å². The molecule has 1 heterocycles. The third-order valence-electron chi connectivity index (χ3n) is 4.05. The zero-order valence-electron chi connectivity index (χ0n) is 9.55. The summed E-state index contributed by atoms with van der Waals surface area (Å²) in [5.74, 6) is 0. The Morgan fingerprint density at radius 2 is 1.81 bits per heavy atom. The summed E-state index contributed by atoms with van der Waals surface area (Å²) in [5.41, 5.74) is 9.54. The van der Waals surface area contributed by atoms with Crippen molar-refractivity contribution < 1.29 is 0 Å². The first-order valence-corrected chi connectivity index (χ1v) is 6.15. The fourth-order valence-corrected chi connectivity index (χ4v) is 3.01. The van der Waals surface area contributed by atoms with Gasteiger partial charge in [-0.3, -0.25) is 0 Å². The molecule has 3 nitrogen and oxygen atoms in total. The fourth-order valence-electron chi connectivity index (χ4n) is 3.01. The highest BCUT2D eigenvalue weighted by Gasteiger charge is 2.35. The highest BCUT2D eigenvalue weighted by atomic mass is 15.0. The lowest BCUT2D eigenvalue weighted by Crippen LogP contribution is -2.31. The Hall–Kier alpha value is -1.38. The number of nitrogens with two attached hydrogens (primary N) is 1. The summed E-state index contributed by atoms with van der Waals surface area (Å²) in [7, 11) is 0. The number of nitrogen functional groups attached to an aromatic ring is 1. The van der Waals surface area contributed by atoms with Crippen molar-refractivity contribution >= 4 is 17.1 Å². The number of anilines is 3. The Morgan fingerprint density at radius 3 is 2.62 bits per heavy atom. The van der Waals surface area contributed by atoms with Crippen LogP contribution in [0.3, 0.4) is 0 Å². The van der Waals surface area contributed by atoms with E-state index in [0.29, 0.717) is 5.41 Å². The van der Waals surface area contributed by atoms with Gasteiger partial charge in [-0.1, -0.05) is 18.9 Å². The van der Waals surface area contributed by atoms with Crippen LogP contribution in [-0.4, -0.2) is 13.1 Å². The van der Waals surface area contributed by atoms with Crippen molar-refractivity contribution in [2.45, 2.75) is 25.7 Å². The molecule has 1 fully saturated rings. The maximum Gasteiger partial charge on any atom is 0.0809 e. The molecule has 86 valence electrons. The molecule has 0 aromatic heterocycles. The van der Waals surface area contributed by atoms with Crippen molar-refractivity contribution in [3.05, 3.63) is 18.2 Å². The van der Waals surface area contributed by atoms with Gasteiger partial charge in [-0.2, -0.15) is 0 Å². The van der Waals surface area contributed by atoms with Crippen molar-refractivity contribution in [2.24, 2.45) is 5.41 Å². The third kappa shape index (κ3) is 1.51. The van der Waals surface area contributed by atoms with E-state index in [0.717, 1.165) is 30.2 Å². The van der Waals surface area contributed by atoms with Crippen molar-refractivity contribution in [1.82, 2.24) is 0 Å². The van der Waals surface area contributed by atoms with Crippen LogP contribution in [0.25, 0.3) is 0 Å². The molecular formula is C13H19N3. The van der Waals surface area contributed by atoms with Gasteiger partial charge in [-0.15, -0.1) is 0 Å². The largest absolute Gasteiger partial charge is 0.397 e. The normalized spacial score (nSPS) is 22.0. The second-order valence-electron chi connectivity index (χ2n) is 5.18. The summed E-state index contributed by atoms with van der Waals surface area (Å²) in [4.78, 5) is 0. The van der Waals surface area contributed by atoms with Gasteiger partial charge in [0, 0.05) is 18.5 Å². The first-order chi connectivity index (χ1) is 7.79. The summed E-state index contributed by atoms with van der Waals surface area (Å²) < 4.78 is 0. The predicted molar refractivity (Wildman–Crippen MR) is 68.7 cm³/mol. The number of rotatable bonds is 0. The van der Waals surface area contributed by atoms with Crippen molar-refractivity contribution in [2.75, 3.05) is 29.5 Å². The topological polar surface area (TPSA) is 50.1 Å². The molecule has 0 amide bonds. The molecule has 1 spiro atoms. The van der Waals surface area contributed by atoms with Crippen LogP contribution in [0.4, 0.5) is 17.1 Å². The highest BCUT2D eigenvalue weighted by molar-refractivity contribution is 5.81. The van der Waals surface area contributed by atoms with Crippen LogP contribution in [0.1, 0.15) is 25.7 Å². The smallest absolute Gasteiger partial charge is 0.0809 e. The summed E-state index contributed by atoms with van der Waals surface area (Å²) in [5, 5.41) is 7.09. The summed E-state index contributed by atoms with van der Waals surface area (Å²) in [6.07, 6.45) is 5.41. The molecule has 0 unspecified atom stereocenters. The number of nitrogens with one attached hydrogen (secondary N) is 2. The Kier molecular flexibility index (Phi) is 2.20. The lowest BCUT2D eigenvalue weighted by Gasteiger charge is -2.27. The Balaban J connectivity index is 1.89. The summed E-state index contributed by atoms with van der Waals surface area (Å²) in [6.45, 7) is 2.14. The quantitative estimate of drug-likeness (QED) is 0.586. The van der Waals surface area contributed by atoms with Crippen molar-refractivity contribution in [3.8, 4) is 0 Å². The van der Waals surface area contributed by atoms with Gasteiger partial charge in [0.15, 0.2) is 0 Å². The van der Waals surface area contributed by atoms with E-state index in [4.69, 9.17) is 5.73 Å². The zero-order valence-corrected chi connectivity index (χ0v) is 9.55. The molecule has 1 aliphatic heterocycles. The molecule has 3 rings (SSSR count). The molecule has 1 aliphatic carbocycles. The van der Waals surface area contributed by atoms with Gasteiger partial charge in [0.2, 0.25) is 0 Å². The monoisotopic (exact) mass is 217 g/mol. The predicted octanol–water partition coefficient (Wildman–Crippen LogP) is 2.67. The first kappa shape index (κ1) is 9.82. The molecule has 1 aromatic rings. The van der Waals surface area contributed by atoms with Gasteiger partial charge in [-0.25, -0.2) is 0 Å². The van der Waals surface area contributed by atoms with Crippen LogP contribution < -0.4 is 16.4 Å². The molecule has 2 aliphatic rings. The van der Waals surface area contributed by atoms with Gasteiger partial charge in [-0.05, 0) is 25.0 Å². The molecule has 0 bridgehead atoms. The minimum Gasteiger partial charge on any atom is -0.397 e. The third-order valence-corrected chi connectivity index (χ3v) is 4.05. The van der Waals surface area contributed by atoms with E-state index in [1.807, 2.05) is 12.1 Å². The fraction of sp³-hybridized carbons (Fsp3) is 0.538. The average molecular weight is 217 g/mol. The Labute approximate surface area is 96.4 Å². The van der Waals surface area contributed by atoms with E-state index in [2.05, 4.69) is 16.7 Å². The molecule has 1 saturated carbocycles. The van der Waals surface area contributed by atoms with Gasteiger partial charge in [0.1, 0.15) is 0 Å². The molecular weight excluding hydrogens is 198 g/mol. The SMILES string of the molecule is Nc1cccc2c1NCC1(CCCC1)CN2. The van der Waals surface area contributed by atoms with Crippen LogP contribution in [0, 0.1) is 5.41 Å². The second kappa shape index (κ2) is 3.58. The standard InChI is InChI=1S/C13H19N3/c14-10-4-3-5-11-12(10)16-9-13(8-15-11)6-1-2-7-13/h3-5,15-16H,1-2,6-9,14H2. The van der Waals surface area contributed by atoms with E-state index in [9.17, 15) is 0 Å². The van der Waals surface area contributed by atoms with E-state index in [-0.39, 0.29) is 0 Å². The summed E-state index contributed by atoms with van der Waals surface area (Å²) in [6, 6.07) is 6.07. The molecule has 0 atom stereocenters. The lowest BCUT2D eigenvalue weighted by atomic mass is 9.86. The van der Waals surface area contributed by atoms with Gasteiger partial charge >= 0.3 is 0 Å². The van der Waals surface area contributed by atoms with Crippen LogP contribution in [-0.2, 0) is 0 Å². The highest BCUT2D eigenvalue weighted by Crippen LogP contribution is 2.42. The molecule has 4 N–H and O–H groups in total. The Morgan fingerprint density at radius 1 is 1.06 bits per heavy atom. The van der Waals surface area contributed by atoms with E-state index >= 15 is 0 Å². The van der Waals surface area contributed by atoms with Crippen LogP contribution in [0.2, 0.25) is 0 Å². The van der Waals surface area contributed by atoms with Gasteiger partial charge in [0.05, 0.1) is 17.1 Å².